The molecule has 0 saturated carbocycles. The minimum atomic E-state index is -4.15. The first kappa shape index (κ1) is 13.4. The second kappa shape index (κ2) is 5.47. The molecule has 0 bridgehead atoms. The van der Waals surface area contributed by atoms with Crippen molar-refractivity contribution in [1.82, 2.24) is 0 Å². The van der Waals surface area contributed by atoms with Crippen LogP contribution in [0.5, 0.6) is 0 Å². The third-order valence-corrected chi connectivity index (χ3v) is 2.26. The van der Waals surface area contributed by atoms with Gasteiger partial charge in [0.25, 0.3) is 0 Å². The van der Waals surface area contributed by atoms with Gasteiger partial charge in [-0.2, -0.15) is 0 Å². The van der Waals surface area contributed by atoms with Gasteiger partial charge in [0.1, 0.15) is 0 Å². The molecule has 0 fully saturated rings. The van der Waals surface area contributed by atoms with E-state index in [0.717, 1.165) is 7.11 Å². The summed E-state index contributed by atoms with van der Waals surface area (Å²) in [4.78, 5) is 20.8. The zero-order chi connectivity index (χ0) is 7.49. The van der Waals surface area contributed by atoms with Crippen molar-refractivity contribution in [3.05, 3.63) is 0 Å². The van der Waals surface area contributed by atoms with Gasteiger partial charge in [0.15, 0.2) is 7.60 Å². The van der Waals surface area contributed by atoms with Crippen LogP contribution in [0, 0.1) is 0 Å². The van der Waals surface area contributed by atoms with Crippen molar-refractivity contribution in [2.24, 2.45) is 0 Å². The zero-order valence-electron chi connectivity index (χ0n) is 6.29. The van der Waals surface area contributed by atoms with Crippen LogP contribution in [0.1, 0.15) is 13.3 Å². The molecule has 10 heavy (non-hydrogen) atoms. The Hall–Kier alpha value is 0.820. The smallest absolute Gasteiger partial charge is 0.773 e. The molecule has 0 saturated heterocycles. The molecule has 0 aliphatic rings. The minimum absolute atomic E-state index is 0. The summed E-state index contributed by atoms with van der Waals surface area (Å²) in [5, 5.41) is 0. The van der Waals surface area contributed by atoms with E-state index in [1.165, 1.54) is 6.92 Å². The summed E-state index contributed by atoms with van der Waals surface area (Å²) in [6, 6.07) is 0. The standard InChI is InChI=1S/C4H9O4P.Na/c1-3-4(5)9(6,7)8-2;/h3H2,1-2H3,(H,6,7);/q;+1/p-1. The van der Waals surface area contributed by atoms with Crippen LogP contribution in [-0.2, 0) is 13.9 Å². The SMILES string of the molecule is CCC(=O)P(=O)([O-])OC.[Na+]. The molecule has 0 N–H and O–H groups in total. The number of hydrogen-bond donors (Lipinski definition) is 0. The van der Waals surface area contributed by atoms with Gasteiger partial charge in [-0.25, -0.2) is 0 Å². The summed E-state index contributed by atoms with van der Waals surface area (Å²) >= 11 is 0. The van der Waals surface area contributed by atoms with Crippen molar-refractivity contribution in [2.45, 2.75) is 13.3 Å². The molecule has 0 aliphatic carbocycles. The van der Waals surface area contributed by atoms with Crippen molar-refractivity contribution in [1.29, 1.82) is 0 Å². The van der Waals surface area contributed by atoms with Crippen LogP contribution in [0.25, 0.3) is 0 Å². The molecular formula is C4H8NaO4P. The molecule has 0 spiro atoms. The second-order valence-corrected chi connectivity index (χ2v) is 3.29. The molecule has 0 amide bonds. The number of hydrogen-bond acceptors (Lipinski definition) is 4. The average molecular weight is 174 g/mol. The van der Waals surface area contributed by atoms with E-state index in [0.29, 0.717) is 0 Å². The number of carbonyl (C=O) groups is 1. The number of rotatable bonds is 3. The van der Waals surface area contributed by atoms with E-state index in [2.05, 4.69) is 4.52 Å². The van der Waals surface area contributed by atoms with Gasteiger partial charge in [-0.15, -0.1) is 0 Å². The fraction of sp³-hybridized carbons (Fsp3) is 0.750. The maximum atomic E-state index is 10.4. The topological polar surface area (TPSA) is 66.4 Å². The van der Waals surface area contributed by atoms with E-state index < -0.39 is 13.1 Å². The van der Waals surface area contributed by atoms with Crippen molar-refractivity contribution in [3.63, 3.8) is 0 Å². The molecule has 4 nitrogen and oxygen atoms in total. The van der Waals surface area contributed by atoms with E-state index in [1.54, 1.807) is 0 Å². The molecule has 0 aromatic rings. The first-order chi connectivity index (χ1) is 4.04. The molecule has 0 aliphatic heterocycles. The summed E-state index contributed by atoms with van der Waals surface area (Å²) in [7, 11) is -3.18. The molecule has 54 valence electrons. The van der Waals surface area contributed by atoms with Crippen LogP contribution in [0.15, 0.2) is 0 Å². The quantitative estimate of drug-likeness (QED) is 0.340. The van der Waals surface area contributed by atoms with Crippen molar-refractivity contribution >= 4 is 13.1 Å². The van der Waals surface area contributed by atoms with Gasteiger partial charge in [0.05, 0.1) is 0 Å². The Bertz CT molecular complexity index is 157. The van der Waals surface area contributed by atoms with Crippen LogP contribution in [0.2, 0.25) is 0 Å². The Kier molecular flexibility index (Phi) is 7.33. The molecule has 0 rings (SSSR count). The van der Waals surface area contributed by atoms with Crippen LogP contribution >= 0.6 is 7.60 Å². The number of carbonyl (C=O) groups excluding carboxylic acids is 1. The monoisotopic (exact) mass is 174 g/mol. The molecule has 1 unspecified atom stereocenters. The summed E-state index contributed by atoms with van der Waals surface area (Å²) in [6.07, 6.45) is -0.0331. The molecule has 0 aromatic carbocycles. The summed E-state index contributed by atoms with van der Waals surface area (Å²) in [5.74, 6) is 0. The van der Waals surface area contributed by atoms with Crippen LogP contribution < -0.4 is 34.5 Å². The third kappa shape index (κ3) is 3.86. The van der Waals surface area contributed by atoms with Gasteiger partial charge < -0.3 is 14.0 Å². The van der Waals surface area contributed by atoms with E-state index in [-0.39, 0.29) is 36.0 Å². The van der Waals surface area contributed by atoms with Gasteiger partial charge in [0.2, 0.25) is 5.52 Å². The van der Waals surface area contributed by atoms with E-state index >= 15 is 0 Å². The summed E-state index contributed by atoms with van der Waals surface area (Å²) < 4.78 is 14.3. The van der Waals surface area contributed by atoms with E-state index in [1.807, 2.05) is 0 Å². The van der Waals surface area contributed by atoms with Gasteiger partial charge in [0, 0.05) is 13.5 Å². The molecular weight excluding hydrogens is 166 g/mol. The Labute approximate surface area is 81.8 Å². The van der Waals surface area contributed by atoms with Crippen LogP contribution in [0.3, 0.4) is 0 Å². The van der Waals surface area contributed by atoms with Crippen LogP contribution in [0.4, 0.5) is 0 Å². The first-order valence-corrected chi connectivity index (χ1v) is 3.99. The van der Waals surface area contributed by atoms with Gasteiger partial charge in [-0.1, -0.05) is 6.92 Å². The Balaban J connectivity index is 0. The fourth-order valence-electron chi connectivity index (χ4n) is 0.295. The van der Waals surface area contributed by atoms with Gasteiger partial charge in [-0.3, -0.25) is 4.79 Å². The zero-order valence-corrected chi connectivity index (χ0v) is 9.18. The van der Waals surface area contributed by atoms with Gasteiger partial charge in [-0.05, 0) is 0 Å². The normalized spacial score (nSPS) is 15.1. The van der Waals surface area contributed by atoms with Crippen molar-refractivity contribution in [2.75, 3.05) is 7.11 Å². The second-order valence-electron chi connectivity index (χ2n) is 1.43. The van der Waals surface area contributed by atoms with Crippen molar-refractivity contribution in [3.8, 4) is 0 Å². The Morgan fingerprint density at radius 2 is 2.10 bits per heavy atom. The summed E-state index contributed by atoms with van der Waals surface area (Å²) in [6.45, 7) is 1.46. The minimum Gasteiger partial charge on any atom is -0.773 e. The maximum absolute atomic E-state index is 10.4. The Morgan fingerprint density at radius 3 is 2.20 bits per heavy atom. The maximum Gasteiger partial charge on any atom is 1.00 e. The van der Waals surface area contributed by atoms with Gasteiger partial charge >= 0.3 is 29.6 Å². The Morgan fingerprint density at radius 1 is 1.70 bits per heavy atom. The molecule has 6 heteroatoms. The first-order valence-electron chi connectivity index (χ1n) is 2.44. The largest absolute Gasteiger partial charge is 1.00 e. The molecule has 0 heterocycles. The van der Waals surface area contributed by atoms with E-state index in [4.69, 9.17) is 0 Å². The predicted molar refractivity (Wildman–Crippen MR) is 29.9 cm³/mol. The van der Waals surface area contributed by atoms with Crippen LogP contribution in [-0.4, -0.2) is 12.6 Å². The third-order valence-electron chi connectivity index (χ3n) is 0.848. The van der Waals surface area contributed by atoms with Crippen molar-refractivity contribution < 1.29 is 48.3 Å². The fourth-order valence-corrected chi connectivity index (χ4v) is 0.886. The predicted octanol–water partition coefficient (Wildman–Crippen LogP) is -2.87. The average Bonchev–Trinajstić information content (AvgIpc) is 1.86. The molecule has 1 atom stereocenters. The molecule has 0 radical (unpaired) electrons. The molecule has 0 aromatic heterocycles. The summed E-state index contributed by atoms with van der Waals surface area (Å²) in [5.41, 5.74) is -0.856. The van der Waals surface area contributed by atoms with E-state index in [9.17, 15) is 14.3 Å².